The minimum atomic E-state index is -0.347. The number of benzene rings is 2. The molecule has 2 aromatic carbocycles. The van der Waals surface area contributed by atoms with Gasteiger partial charge in [0.05, 0.1) is 25.2 Å². The number of carbonyl (C=O) groups excluding carboxylic acids is 1. The summed E-state index contributed by atoms with van der Waals surface area (Å²) in [6.07, 6.45) is 2.30. The second kappa shape index (κ2) is 10.8. The van der Waals surface area contributed by atoms with Crippen LogP contribution in [0.25, 0.3) is 5.69 Å². The monoisotopic (exact) mass is 481 g/mol. The van der Waals surface area contributed by atoms with Crippen LogP contribution in [-0.2, 0) is 11.3 Å². The van der Waals surface area contributed by atoms with Crippen LogP contribution < -0.4 is 19.7 Å². The first-order valence-electron chi connectivity index (χ1n) is 11.4. The number of hydrogen-bond acceptors (Lipinski definition) is 7. The van der Waals surface area contributed by atoms with E-state index >= 15 is 0 Å². The number of anilines is 1. The molecule has 0 aliphatic carbocycles. The van der Waals surface area contributed by atoms with Gasteiger partial charge in [-0.3, -0.25) is 9.36 Å². The second-order valence-electron chi connectivity index (χ2n) is 8.31. The molecule has 1 aliphatic rings. The summed E-state index contributed by atoms with van der Waals surface area (Å²) < 4.78 is 12.7. The van der Waals surface area contributed by atoms with Crippen LogP contribution in [0.15, 0.2) is 47.6 Å². The van der Waals surface area contributed by atoms with Gasteiger partial charge in [0.1, 0.15) is 0 Å². The van der Waals surface area contributed by atoms with E-state index in [4.69, 9.17) is 9.47 Å². The highest BCUT2D eigenvalue weighted by molar-refractivity contribution is 8.00. The standard InChI is InChI=1S/C25H31N5O3S/c1-17-7-10-20(11-8-17)30-24(29-13-5-6-14-29)27-28-25(30)34-18(2)23(31)26-16-19-9-12-21(32-3)22(15-19)33-4/h7-12,15,18H,5-6,13-14,16H2,1-4H3,(H,26,31). The molecule has 0 radical (unpaired) electrons. The van der Waals surface area contributed by atoms with Crippen molar-refractivity contribution in [1.82, 2.24) is 20.1 Å². The average molecular weight is 482 g/mol. The van der Waals surface area contributed by atoms with E-state index in [0.29, 0.717) is 23.2 Å². The zero-order valence-electron chi connectivity index (χ0n) is 20.1. The summed E-state index contributed by atoms with van der Waals surface area (Å²) >= 11 is 1.41. The lowest BCUT2D eigenvalue weighted by Crippen LogP contribution is -2.30. The second-order valence-corrected chi connectivity index (χ2v) is 9.62. The van der Waals surface area contributed by atoms with Crippen LogP contribution in [0.3, 0.4) is 0 Å². The van der Waals surface area contributed by atoms with Crippen molar-refractivity contribution in [2.45, 2.75) is 43.6 Å². The van der Waals surface area contributed by atoms with Crippen molar-refractivity contribution in [3.8, 4) is 17.2 Å². The molecule has 0 spiro atoms. The Labute approximate surface area is 204 Å². The minimum Gasteiger partial charge on any atom is -0.493 e. The van der Waals surface area contributed by atoms with Crippen LogP contribution in [0.5, 0.6) is 11.5 Å². The molecular weight excluding hydrogens is 450 g/mol. The Hall–Kier alpha value is -3.20. The molecule has 34 heavy (non-hydrogen) atoms. The number of rotatable bonds is 9. The van der Waals surface area contributed by atoms with Crippen LogP contribution in [0, 0.1) is 6.92 Å². The molecule has 4 rings (SSSR count). The molecule has 1 amide bonds. The molecule has 1 saturated heterocycles. The minimum absolute atomic E-state index is 0.0686. The van der Waals surface area contributed by atoms with Crippen molar-refractivity contribution < 1.29 is 14.3 Å². The van der Waals surface area contributed by atoms with Crippen LogP contribution in [0.2, 0.25) is 0 Å². The van der Waals surface area contributed by atoms with E-state index in [1.54, 1.807) is 14.2 Å². The lowest BCUT2D eigenvalue weighted by Gasteiger charge is -2.19. The molecule has 1 aromatic heterocycles. The van der Waals surface area contributed by atoms with Gasteiger partial charge in [0.25, 0.3) is 0 Å². The average Bonchev–Trinajstić information content (AvgIpc) is 3.53. The van der Waals surface area contributed by atoms with Gasteiger partial charge in [-0.05, 0) is 56.5 Å². The molecule has 1 aliphatic heterocycles. The van der Waals surface area contributed by atoms with Gasteiger partial charge in [0, 0.05) is 19.6 Å². The van der Waals surface area contributed by atoms with Crippen molar-refractivity contribution in [2.24, 2.45) is 0 Å². The Kier molecular flexibility index (Phi) is 7.62. The summed E-state index contributed by atoms with van der Waals surface area (Å²) in [5, 5.41) is 12.3. The SMILES string of the molecule is COc1ccc(CNC(=O)C(C)Sc2nnc(N3CCCC3)n2-c2ccc(C)cc2)cc1OC. The van der Waals surface area contributed by atoms with Crippen molar-refractivity contribution in [1.29, 1.82) is 0 Å². The Balaban J connectivity index is 1.48. The summed E-state index contributed by atoms with van der Waals surface area (Å²) in [4.78, 5) is 15.2. The van der Waals surface area contributed by atoms with Gasteiger partial charge in [-0.15, -0.1) is 10.2 Å². The highest BCUT2D eigenvalue weighted by Crippen LogP contribution is 2.31. The van der Waals surface area contributed by atoms with Gasteiger partial charge >= 0.3 is 0 Å². The van der Waals surface area contributed by atoms with E-state index in [2.05, 4.69) is 56.2 Å². The molecule has 8 nitrogen and oxygen atoms in total. The summed E-state index contributed by atoms with van der Waals surface area (Å²) in [7, 11) is 3.20. The van der Waals surface area contributed by atoms with Gasteiger partial charge in [0.15, 0.2) is 16.7 Å². The molecule has 1 unspecified atom stereocenters. The van der Waals surface area contributed by atoms with Crippen LogP contribution in [-0.4, -0.2) is 53.2 Å². The molecule has 180 valence electrons. The summed E-state index contributed by atoms with van der Waals surface area (Å²) in [5.41, 5.74) is 3.12. The summed E-state index contributed by atoms with van der Waals surface area (Å²) in [5.74, 6) is 2.06. The molecule has 1 atom stereocenters. The summed E-state index contributed by atoms with van der Waals surface area (Å²) in [6, 6.07) is 13.9. The largest absolute Gasteiger partial charge is 0.493 e. The summed E-state index contributed by atoms with van der Waals surface area (Å²) in [6.45, 7) is 6.29. The maximum Gasteiger partial charge on any atom is 0.233 e. The maximum atomic E-state index is 12.9. The van der Waals surface area contributed by atoms with Gasteiger partial charge in [-0.25, -0.2) is 0 Å². The number of hydrogen-bond donors (Lipinski definition) is 1. The molecule has 2 heterocycles. The molecule has 0 saturated carbocycles. The highest BCUT2D eigenvalue weighted by atomic mass is 32.2. The van der Waals surface area contributed by atoms with Crippen LogP contribution in [0.1, 0.15) is 30.9 Å². The first-order chi connectivity index (χ1) is 16.5. The highest BCUT2D eigenvalue weighted by Gasteiger charge is 2.25. The Morgan fingerprint density at radius 3 is 2.44 bits per heavy atom. The Morgan fingerprint density at radius 2 is 1.76 bits per heavy atom. The zero-order valence-corrected chi connectivity index (χ0v) is 20.9. The quantitative estimate of drug-likeness (QED) is 0.463. The van der Waals surface area contributed by atoms with Crippen molar-refractivity contribution in [2.75, 3.05) is 32.2 Å². The Morgan fingerprint density at radius 1 is 1.06 bits per heavy atom. The van der Waals surface area contributed by atoms with Crippen molar-refractivity contribution >= 4 is 23.6 Å². The van der Waals surface area contributed by atoms with Crippen molar-refractivity contribution in [3.05, 3.63) is 53.6 Å². The van der Waals surface area contributed by atoms with E-state index in [-0.39, 0.29) is 11.2 Å². The number of aryl methyl sites for hydroxylation is 1. The van der Waals surface area contributed by atoms with Crippen molar-refractivity contribution in [3.63, 3.8) is 0 Å². The maximum absolute atomic E-state index is 12.9. The van der Waals surface area contributed by atoms with E-state index in [9.17, 15) is 4.79 Å². The van der Waals surface area contributed by atoms with Gasteiger partial charge in [-0.2, -0.15) is 0 Å². The first kappa shape index (κ1) is 23.9. The number of methoxy groups -OCH3 is 2. The molecule has 1 fully saturated rings. The fourth-order valence-corrected chi connectivity index (χ4v) is 4.80. The number of nitrogens with one attached hydrogen (secondary N) is 1. The third-order valence-corrected chi connectivity index (χ3v) is 6.91. The fraction of sp³-hybridized carbons (Fsp3) is 0.400. The normalized spacial score (nSPS) is 14.2. The van der Waals surface area contributed by atoms with E-state index in [0.717, 1.165) is 43.1 Å². The first-order valence-corrected chi connectivity index (χ1v) is 12.3. The number of nitrogens with zero attached hydrogens (tertiary/aromatic N) is 4. The van der Waals surface area contributed by atoms with E-state index < -0.39 is 0 Å². The smallest absolute Gasteiger partial charge is 0.233 e. The molecule has 3 aromatic rings. The topological polar surface area (TPSA) is 81.5 Å². The number of carbonyl (C=O) groups is 1. The zero-order chi connectivity index (χ0) is 24.1. The lowest BCUT2D eigenvalue weighted by atomic mass is 10.2. The molecule has 1 N–H and O–H groups in total. The van der Waals surface area contributed by atoms with Crippen LogP contribution in [0.4, 0.5) is 5.95 Å². The number of amides is 1. The van der Waals surface area contributed by atoms with Crippen LogP contribution >= 0.6 is 11.8 Å². The fourth-order valence-electron chi connectivity index (χ4n) is 3.92. The van der Waals surface area contributed by atoms with Gasteiger partial charge in [0.2, 0.25) is 11.9 Å². The number of thioether (sulfide) groups is 1. The number of ether oxygens (including phenoxy) is 2. The van der Waals surface area contributed by atoms with Gasteiger partial charge in [-0.1, -0.05) is 35.5 Å². The predicted octanol–water partition coefficient (Wildman–Crippen LogP) is 3.99. The van der Waals surface area contributed by atoms with E-state index in [1.165, 1.54) is 17.3 Å². The third-order valence-electron chi connectivity index (χ3n) is 5.86. The third kappa shape index (κ3) is 5.30. The van der Waals surface area contributed by atoms with Gasteiger partial charge < -0.3 is 19.7 Å². The Bertz CT molecular complexity index is 1130. The molecule has 0 bridgehead atoms. The predicted molar refractivity (Wildman–Crippen MR) is 134 cm³/mol. The lowest BCUT2D eigenvalue weighted by molar-refractivity contribution is -0.120. The number of aromatic nitrogens is 3. The van der Waals surface area contributed by atoms with E-state index in [1.807, 2.05) is 25.1 Å². The molecule has 9 heteroatoms. The molecular formula is C25H31N5O3S.